The van der Waals surface area contributed by atoms with Crippen LogP contribution in [-0.2, 0) is 4.74 Å². The molecule has 6 heteroatoms. The van der Waals surface area contributed by atoms with Gasteiger partial charge in [-0.3, -0.25) is 4.79 Å². The maximum absolute atomic E-state index is 12.5. The Morgan fingerprint density at radius 1 is 1.04 bits per heavy atom. The second-order valence-electron chi connectivity index (χ2n) is 5.54. The Bertz CT molecular complexity index is 756. The molecule has 1 heterocycles. The number of hydrogen-bond acceptors (Lipinski definition) is 5. The smallest absolute Gasteiger partial charge is 0.339 e. The van der Waals surface area contributed by atoms with Gasteiger partial charge in [-0.25, -0.2) is 4.79 Å². The van der Waals surface area contributed by atoms with Gasteiger partial charge in [-0.15, -0.1) is 23.5 Å². The standard InChI is InChI=1S/C19H19NO3S2/c1-23-18(22)15-5-2-3-6-16(15)20-17(21)13-7-9-14(10-8-13)19-24-11-4-12-25-19/h2-3,5-10,19H,4,11-12H2,1H3,(H,20,21). The number of thioether (sulfide) groups is 2. The zero-order valence-electron chi connectivity index (χ0n) is 13.9. The molecule has 3 rings (SSSR count). The van der Waals surface area contributed by atoms with Gasteiger partial charge in [-0.05, 0) is 47.8 Å². The first-order valence-electron chi connectivity index (χ1n) is 8.01. The van der Waals surface area contributed by atoms with Crippen LogP contribution in [-0.4, -0.2) is 30.5 Å². The van der Waals surface area contributed by atoms with Crippen LogP contribution in [0.2, 0.25) is 0 Å². The van der Waals surface area contributed by atoms with E-state index in [1.54, 1.807) is 24.3 Å². The fourth-order valence-electron chi connectivity index (χ4n) is 2.55. The molecule has 1 saturated heterocycles. The fraction of sp³-hybridized carbons (Fsp3) is 0.263. The monoisotopic (exact) mass is 373 g/mol. The number of ether oxygens (including phenoxy) is 1. The van der Waals surface area contributed by atoms with Crippen molar-refractivity contribution in [2.75, 3.05) is 23.9 Å². The van der Waals surface area contributed by atoms with Crippen LogP contribution in [0.25, 0.3) is 0 Å². The molecule has 0 atom stereocenters. The Morgan fingerprint density at radius 3 is 2.40 bits per heavy atom. The third-order valence-electron chi connectivity index (χ3n) is 3.85. The summed E-state index contributed by atoms with van der Waals surface area (Å²) in [5, 5.41) is 2.79. The number of methoxy groups -OCH3 is 1. The van der Waals surface area contributed by atoms with Gasteiger partial charge in [0.25, 0.3) is 5.91 Å². The number of hydrogen-bond donors (Lipinski definition) is 1. The number of nitrogens with one attached hydrogen (secondary N) is 1. The lowest BCUT2D eigenvalue weighted by Crippen LogP contribution is -2.15. The minimum absolute atomic E-state index is 0.244. The van der Waals surface area contributed by atoms with Gasteiger partial charge in [0.15, 0.2) is 0 Å². The highest BCUT2D eigenvalue weighted by molar-refractivity contribution is 8.16. The average Bonchev–Trinajstić information content (AvgIpc) is 2.68. The molecule has 1 aliphatic heterocycles. The van der Waals surface area contributed by atoms with E-state index >= 15 is 0 Å². The van der Waals surface area contributed by atoms with Crippen LogP contribution in [0.4, 0.5) is 5.69 Å². The Morgan fingerprint density at radius 2 is 1.72 bits per heavy atom. The molecule has 25 heavy (non-hydrogen) atoms. The zero-order chi connectivity index (χ0) is 17.6. The van der Waals surface area contributed by atoms with Gasteiger partial charge in [0.1, 0.15) is 0 Å². The summed E-state index contributed by atoms with van der Waals surface area (Å²) in [6.45, 7) is 0. The molecule has 4 nitrogen and oxygen atoms in total. The number of carbonyl (C=O) groups is 2. The lowest BCUT2D eigenvalue weighted by Gasteiger charge is -2.21. The number of carbonyl (C=O) groups excluding carboxylic acids is 2. The normalized spacial score (nSPS) is 14.8. The second kappa shape index (κ2) is 8.45. The van der Waals surface area contributed by atoms with Crippen molar-refractivity contribution in [2.24, 2.45) is 0 Å². The van der Waals surface area contributed by atoms with Gasteiger partial charge in [0.2, 0.25) is 0 Å². The highest BCUT2D eigenvalue weighted by atomic mass is 32.2. The van der Waals surface area contributed by atoms with Crippen molar-refractivity contribution in [2.45, 2.75) is 11.0 Å². The van der Waals surface area contributed by atoms with Gasteiger partial charge in [-0.2, -0.15) is 0 Å². The summed E-state index contributed by atoms with van der Waals surface area (Å²) >= 11 is 3.90. The lowest BCUT2D eigenvalue weighted by molar-refractivity contribution is 0.0602. The molecule has 1 fully saturated rings. The van der Waals surface area contributed by atoms with Gasteiger partial charge >= 0.3 is 5.97 Å². The first-order valence-corrected chi connectivity index (χ1v) is 10.1. The van der Waals surface area contributed by atoms with Crippen LogP contribution >= 0.6 is 23.5 Å². The number of amides is 1. The van der Waals surface area contributed by atoms with E-state index < -0.39 is 5.97 Å². The summed E-state index contributed by atoms with van der Waals surface area (Å²) in [5.41, 5.74) is 2.59. The molecule has 1 N–H and O–H groups in total. The molecule has 0 saturated carbocycles. The van der Waals surface area contributed by atoms with E-state index in [1.807, 2.05) is 47.8 Å². The summed E-state index contributed by atoms with van der Waals surface area (Å²) in [7, 11) is 1.32. The van der Waals surface area contributed by atoms with Crippen LogP contribution in [0.3, 0.4) is 0 Å². The zero-order valence-corrected chi connectivity index (χ0v) is 15.5. The summed E-state index contributed by atoms with van der Waals surface area (Å²) in [6, 6.07) is 14.5. The summed E-state index contributed by atoms with van der Waals surface area (Å²) in [6.07, 6.45) is 1.26. The van der Waals surface area contributed by atoms with E-state index in [4.69, 9.17) is 4.74 Å². The molecular weight excluding hydrogens is 354 g/mol. The van der Waals surface area contributed by atoms with Crippen molar-refractivity contribution in [1.82, 2.24) is 0 Å². The fourth-order valence-corrected chi connectivity index (χ4v) is 5.44. The van der Waals surface area contributed by atoms with Crippen LogP contribution in [0, 0.1) is 0 Å². The van der Waals surface area contributed by atoms with Crippen LogP contribution in [0.15, 0.2) is 48.5 Å². The topological polar surface area (TPSA) is 55.4 Å². The molecule has 2 aromatic carbocycles. The summed E-state index contributed by atoms with van der Waals surface area (Å²) in [4.78, 5) is 24.3. The molecule has 0 spiro atoms. The average molecular weight is 373 g/mol. The molecule has 0 bridgehead atoms. The Balaban J connectivity index is 1.72. The molecule has 0 aliphatic carbocycles. The van der Waals surface area contributed by atoms with Gasteiger partial charge in [0, 0.05) is 5.56 Å². The third-order valence-corrected chi connectivity index (χ3v) is 6.87. The predicted molar refractivity (Wildman–Crippen MR) is 104 cm³/mol. The highest BCUT2D eigenvalue weighted by Gasteiger charge is 2.18. The Labute approximate surface area is 155 Å². The first kappa shape index (κ1) is 17.9. The maximum atomic E-state index is 12.5. The quantitative estimate of drug-likeness (QED) is 0.794. The van der Waals surface area contributed by atoms with Crippen molar-refractivity contribution < 1.29 is 14.3 Å². The van der Waals surface area contributed by atoms with Gasteiger partial charge < -0.3 is 10.1 Å². The van der Waals surface area contributed by atoms with E-state index in [-0.39, 0.29) is 5.91 Å². The Hall–Kier alpha value is -1.92. The van der Waals surface area contributed by atoms with E-state index in [0.29, 0.717) is 21.4 Å². The maximum Gasteiger partial charge on any atom is 0.339 e. The van der Waals surface area contributed by atoms with E-state index in [9.17, 15) is 9.59 Å². The summed E-state index contributed by atoms with van der Waals surface area (Å²) in [5.74, 6) is 1.65. The van der Waals surface area contributed by atoms with Crippen molar-refractivity contribution in [1.29, 1.82) is 0 Å². The number of benzene rings is 2. The van der Waals surface area contributed by atoms with Gasteiger partial charge in [-0.1, -0.05) is 24.3 Å². The molecule has 0 radical (unpaired) electrons. The number of rotatable bonds is 4. The molecule has 0 unspecified atom stereocenters. The molecule has 130 valence electrons. The van der Waals surface area contributed by atoms with Crippen molar-refractivity contribution in [3.05, 3.63) is 65.2 Å². The van der Waals surface area contributed by atoms with Crippen molar-refractivity contribution in [3.63, 3.8) is 0 Å². The minimum atomic E-state index is -0.474. The molecule has 1 amide bonds. The van der Waals surface area contributed by atoms with Crippen LogP contribution < -0.4 is 5.32 Å². The number of esters is 1. The molecule has 2 aromatic rings. The second-order valence-corrected chi connectivity index (χ2v) is 8.26. The first-order chi connectivity index (χ1) is 12.2. The van der Waals surface area contributed by atoms with E-state index in [0.717, 1.165) is 0 Å². The van der Waals surface area contributed by atoms with Crippen LogP contribution in [0.5, 0.6) is 0 Å². The molecule has 1 aliphatic rings. The number of anilines is 1. The van der Waals surface area contributed by atoms with Gasteiger partial charge in [0.05, 0.1) is 22.9 Å². The lowest BCUT2D eigenvalue weighted by atomic mass is 10.1. The number of para-hydroxylation sites is 1. The van der Waals surface area contributed by atoms with Crippen molar-refractivity contribution in [3.8, 4) is 0 Å². The van der Waals surface area contributed by atoms with Crippen LogP contribution in [0.1, 0.15) is 37.3 Å². The third kappa shape index (κ3) is 4.38. The molecular formula is C19H19NO3S2. The van der Waals surface area contributed by atoms with E-state index in [1.165, 1.54) is 30.6 Å². The van der Waals surface area contributed by atoms with E-state index in [2.05, 4.69) is 5.32 Å². The Kier molecular flexibility index (Phi) is 6.04. The molecule has 0 aromatic heterocycles. The summed E-state index contributed by atoms with van der Waals surface area (Å²) < 4.78 is 5.20. The van der Waals surface area contributed by atoms with Crippen molar-refractivity contribution >= 4 is 41.1 Å². The SMILES string of the molecule is COC(=O)c1ccccc1NC(=O)c1ccc(C2SCCCS2)cc1. The predicted octanol–water partition coefficient (Wildman–Crippen LogP) is 4.59. The highest BCUT2D eigenvalue weighted by Crippen LogP contribution is 2.43. The minimum Gasteiger partial charge on any atom is -0.465 e. The largest absolute Gasteiger partial charge is 0.465 e.